The van der Waals surface area contributed by atoms with Crippen LogP contribution >= 0.6 is 0 Å². The molecule has 3 aromatic rings. The smallest absolute Gasteiger partial charge is 0.352 e. The van der Waals surface area contributed by atoms with Crippen LogP contribution in [0.4, 0.5) is 0 Å². The zero-order chi connectivity index (χ0) is 14.8. The lowest BCUT2D eigenvalue weighted by Crippen LogP contribution is -2.10. The minimum Gasteiger partial charge on any atom is -0.497 e. The first-order valence-electron chi connectivity index (χ1n) is 6.49. The third-order valence-corrected chi connectivity index (χ3v) is 3.37. The van der Waals surface area contributed by atoms with Crippen molar-refractivity contribution in [2.24, 2.45) is 0 Å². The van der Waals surface area contributed by atoms with Gasteiger partial charge in [-0.2, -0.15) is 0 Å². The number of fused-ring (bicyclic) bond motifs is 1. The van der Waals surface area contributed by atoms with Crippen molar-refractivity contribution in [1.29, 1.82) is 0 Å². The van der Waals surface area contributed by atoms with E-state index in [1.807, 2.05) is 36.4 Å². The number of aromatic nitrogens is 2. The molecule has 0 amide bonds. The first kappa shape index (κ1) is 13.2. The predicted octanol–water partition coefficient (Wildman–Crippen LogP) is 2.79. The Kier molecular flexibility index (Phi) is 3.31. The predicted molar refractivity (Wildman–Crippen MR) is 78.8 cm³/mol. The fourth-order valence-electron chi connectivity index (χ4n) is 2.38. The molecule has 0 unspecified atom stereocenters. The molecule has 0 aliphatic carbocycles. The summed E-state index contributed by atoms with van der Waals surface area (Å²) in [6.45, 7) is 0.415. The van der Waals surface area contributed by atoms with E-state index >= 15 is 0 Å². The molecule has 0 aliphatic heterocycles. The van der Waals surface area contributed by atoms with Gasteiger partial charge in [0.2, 0.25) is 0 Å². The highest BCUT2D eigenvalue weighted by Crippen LogP contribution is 2.25. The van der Waals surface area contributed by atoms with Gasteiger partial charge in [0.15, 0.2) is 0 Å². The maximum absolute atomic E-state index is 11.5. The molecule has 0 radical (unpaired) electrons. The van der Waals surface area contributed by atoms with Gasteiger partial charge in [0, 0.05) is 17.1 Å². The van der Waals surface area contributed by atoms with Crippen molar-refractivity contribution in [1.82, 2.24) is 9.55 Å². The van der Waals surface area contributed by atoms with Crippen LogP contribution in [0.1, 0.15) is 16.2 Å². The van der Waals surface area contributed by atoms with Crippen LogP contribution in [0, 0.1) is 0 Å². The highest BCUT2D eigenvalue weighted by molar-refractivity contribution is 5.95. The molecule has 106 valence electrons. The van der Waals surface area contributed by atoms with Gasteiger partial charge in [0.1, 0.15) is 11.4 Å². The highest BCUT2D eigenvalue weighted by atomic mass is 16.5. The number of nitrogens with zero attached hydrogens (tertiary/aromatic N) is 2. The van der Waals surface area contributed by atoms with Gasteiger partial charge < -0.3 is 14.4 Å². The van der Waals surface area contributed by atoms with Gasteiger partial charge in [0.25, 0.3) is 0 Å². The van der Waals surface area contributed by atoms with E-state index in [1.165, 1.54) is 0 Å². The van der Waals surface area contributed by atoms with E-state index in [2.05, 4.69) is 4.98 Å². The topological polar surface area (TPSA) is 64.3 Å². The number of rotatable bonds is 4. The Morgan fingerprint density at radius 3 is 2.81 bits per heavy atom. The minimum absolute atomic E-state index is 0.240. The molecule has 1 aromatic carbocycles. The van der Waals surface area contributed by atoms with Crippen LogP contribution < -0.4 is 4.74 Å². The van der Waals surface area contributed by atoms with Crippen molar-refractivity contribution < 1.29 is 14.6 Å². The van der Waals surface area contributed by atoms with E-state index in [4.69, 9.17) is 4.74 Å². The van der Waals surface area contributed by atoms with Crippen LogP contribution in [-0.4, -0.2) is 27.7 Å². The first-order valence-corrected chi connectivity index (χ1v) is 6.49. The normalized spacial score (nSPS) is 10.7. The number of hydrogen-bond acceptors (Lipinski definition) is 3. The van der Waals surface area contributed by atoms with Gasteiger partial charge in [-0.05, 0) is 36.4 Å². The number of carbonyl (C=O) groups is 1. The first-order chi connectivity index (χ1) is 10.2. The number of hydrogen-bond donors (Lipinski definition) is 1. The second-order valence-corrected chi connectivity index (χ2v) is 4.67. The molecule has 0 fully saturated rings. The van der Waals surface area contributed by atoms with Gasteiger partial charge in [-0.15, -0.1) is 0 Å². The van der Waals surface area contributed by atoms with Crippen molar-refractivity contribution >= 4 is 16.9 Å². The van der Waals surface area contributed by atoms with E-state index in [9.17, 15) is 9.90 Å². The quantitative estimate of drug-likeness (QED) is 0.799. The Morgan fingerprint density at radius 1 is 1.29 bits per heavy atom. The molecular formula is C16H14N2O3. The maximum Gasteiger partial charge on any atom is 0.352 e. The van der Waals surface area contributed by atoms with Crippen molar-refractivity contribution in [2.75, 3.05) is 7.11 Å². The molecule has 0 spiro atoms. The molecule has 0 bridgehead atoms. The Bertz CT molecular complexity index is 794. The summed E-state index contributed by atoms with van der Waals surface area (Å²) in [4.78, 5) is 15.7. The number of pyridine rings is 1. The van der Waals surface area contributed by atoms with Crippen molar-refractivity contribution in [3.8, 4) is 5.75 Å². The molecule has 0 aliphatic rings. The zero-order valence-corrected chi connectivity index (χ0v) is 11.5. The summed E-state index contributed by atoms with van der Waals surface area (Å²) in [7, 11) is 1.59. The van der Waals surface area contributed by atoms with Crippen LogP contribution in [-0.2, 0) is 6.54 Å². The summed E-state index contributed by atoms with van der Waals surface area (Å²) < 4.78 is 6.93. The highest BCUT2D eigenvalue weighted by Gasteiger charge is 2.15. The Hall–Kier alpha value is -2.82. The number of ether oxygens (including phenoxy) is 1. The number of carboxylic acids is 1. The van der Waals surface area contributed by atoms with Crippen LogP contribution in [0.25, 0.3) is 10.9 Å². The lowest BCUT2D eigenvalue weighted by atomic mass is 10.2. The average molecular weight is 282 g/mol. The molecular weight excluding hydrogens is 268 g/mol. The lowest BCUT2D eigenvalue weighted by Gasteiger charge is -2.08. The molecule has 3 rings (SSSR count). The van der Waals surface area contributed by atoms with Crippen LogP contribution in [0.3, 0.4) is 0 Å². The maximum atomic E-state index is 11.5. The standard InChI is InChI=1S/C16H14N2O3/c1-21-13-5-6-14-11(8-13)9-15(16(19)20)18(14)10-12-4-2-3-7-17-12/h2-9H,10H2,1H3,(H,19,20). The van der Waals surface area contributed by atoms with Gasteiger partial charge in [0.05, 0.1) is 19.3 Å². The molecule has 0 saturated heterocycles. The Balaban J connectivity index is 2.14. The summed E-state index contributed by atoms with van der Waals surface area (Å²) >= 11 is 0. The Labute approximate surface area is 121 Å². The molecule has 5 heteroatoms. The van der Waals surface area contributed by atoms with Gasteiger partial charge in [-0.1, -0.05) is 6.07 Å². The molecule has 2 heterocycles. The molecule has 0 saturated carbocycles. The average Bonchev–Trinajstić information content (AvgIpc) is 2.86. The second-order valence-electron chi connectivity index (χ2n) is 4.67. The summed E-state index contributed by atoms with van der Waals surface area (Å²) in [6.07, 6.45) is 1.70. The number of aromatic carboxylic acids is 1. The molecule has 2 aromatic heterocycles. The van der Waals surface area contributed by atoms with E-state index in [0.29, 0.717) is 12.3 Å². The summed E-state index contributed by atoms with van der Waals surface area (Å²) in [5, 5.41) is 10.2. The van der Waals surface area contributed by atoms with Crippen molar-refractivity contribution in [2.45, 2.75) is 6.54 Å². The minimum atomic E-state index is -0.957. The number of methoxy groups -OCH3 is 1. The molecule has 1 N–H and O–H groups in total. The fourth-order valence-corrected chi connectivity index (χ4v) is 2.38. The largest absolute Gasteiger partial charge is 0.497 e. The van der Waals surface area contributed by atoms with E-state index in [1.54, 1.807) is 23.9 Å². The molecule has 0 atom stereocenters. The van der Waals surface area contributed by atoms with E-state index in [-0.39, 0.29) is 5.69 Å². The van der Waals surface area contributed by atoms with Crippen LogP contribution in [0.15, 0.2) is 48.7 Å². The summed E-state index contributed by atoms with van der Waals surface area (Å²) in [5.74, 6) is -0.254. The van der Waals surface area contributed by atoms with Crippen molar-refractivity contribution in [3.63, 3.8) is 0 Å². The number of carboxylic acid groups (broad SMARTS) is 1. The van der Waals surface area contributed by atoms with Gasteiger partial charge in [-0.25, -0.2) is 4.79 Å². The van der Waals surface area contributed by atoms with E-state index < -0.39 is 5.97 Å². The fraction of sp³-hybridized carbons (Fsp3) is 0.125. The third kappa shape index (κ3) is 2.45. The van der Waals surface area contributed by atoms with Gasteiger partial charge >= 0.3 is 5.97 Å². The van der Waals surface area contributed by atoms with Crippen molar-refractivity contribution in [3.05, 3.63) is 60.0 Å². The Morgan fingerprint density at radius 2 is 2.14 bits per heavy atom. The van der Waals surface area contributed by atoms with E-state index in [0.717, 1.165) is 16.6 Å². The van der Waals surface area contributed by atoms with Crippen LogP contribution in [0.2, 0.25) is 0 Å². The monoisotopic (exact) mass is 282 g/mol. The second kappa shape index (κ2) is 5.28. The zero-order valence-electron chi connectivity index (χ0n) is 11.5. The molecule has 21 heavy (non-hydrogen) atoms. The van der Waals surface area contributed by atoms with Gasteiger partial charge in [-0.3, -0.25) is 4.98 Å². The third-order valence-electron chi connectivity index (χ3n) is 3.37. The number of benzene rings is 1. The summed E-state index contributed by atoms with van der Waals surface area (Å²) in [5.41, 5.74) is 1.90. The van der Waals surface area contributed by atoms with Crippen LogP contribution in [0.5, 0.6) is 5.75 Å². The molecule has 5 nitrogen and oxygen atoms in total. The summed E-state index contributed by atoms with van der Waals surface area (Å²) in [6, 6.07) is 12.8. The lowest BCUT2D eigenvalue weighted by molar-refractivity contribution is 0.0686. The SMILES string of the molecule is COc1ccc2c(c1)cc(C(=O)O)n2Cc1ccccn1.